The van der Waals surface area contributed by atoms with Crippen LogP contribution < -0.4 is 18.9 Å². The first-order valence-corrected chi connectivity index (χ1v) is 18.2. The van der Waals surface area contributed by atoms with Gasteiger partial charge in [-0.25, -0.2) is 18.3 Å². The first-order chi connectivity index (χ1) is 24.6. The molecule has 0 amide bonds. The molecule has 0 spiro atoms. The van der Waals surface area contributed by atoms with Crippen molar-refractivity contribution in [3.63, 3.8) is 0 Å². The number of aromatic nitrogens is 1. The second-order valence-electron chi connectivity index (χ2n) is 14.5. The van der Waals surface area contributed by atoms with Crippen LogP contribution in [0.3, 0.4) is 0 Å². The zero-order valence-corrected chi connectivity index (χ0v) is 31.8. The number of Topliss-reactive ketones (excluding diaryl/α,β-unsaturated/α-hetero) is 1. The van der Waals surface area contributed by atoms with E-state index in [-0.39, 0.29) is 77.3 Å². The van der Waals surface area contributed by atoms with Crippen LogP contribution in [0.5, 0.6) is 17.2 Å². The number of pyridine rings is 1. The number of ether oxygens (including phenoxy) is 4. The van der Waals surface area contributed by atoms with Crippen molar-refractivity contribution in [2.45, 2.75) is 83.4 Å². The van der Waals surface area contributed by atoms with Gasteiger partial charge in [0.05, 0.1) is 40.0 Å². The standard InChI is InChI=1S/C38H46F4N2O8S/c1-22(2)23(3)34(46)51-18-17-50-29-14-11-25(19-30(29)49-8)28(45)15-16-37(47,38(40,41)42)31-20-27-33(32(43-31)24-9-12-26(39)13-10-24)52-21-36(27,7)44-53(48)35(4,5)6/h9-14,19-20,22-23,44,47H,15-18,21H2,1-8H3. The third-order valence-corrected chi connectivity index (χ3v) is 10.9. The van der Waals surface area contributed by atoms with Crippen LogP contribution >= 0.6 is 0 Å². The average Bonchev–Trinajstić information content (AvgIpc) is 3.42. The van der Waals surface area contributed by atoms with E-state index in [0.717, 1.165) is 18.2 Å². The lowest BCUT2D eigenvalue weighted by Gasteiger charge is -2.32. The number of nitrogens with zero attached hydrogens (tertiary/aromatic N) is 1. The van der Waals surface area contributed by atoms with Crippen molar-refractivity contribution in [2.24, 2.45) is 11.8 Å². The van der Waals surface area contributed by atoms with E-state index in [2.05, 4.69) is 9.71 Å². The lowest BCUT2D eigenvalue weighted by atomic mass is 9.86. The first kappa shape index (κ1) is 41.7. The molecule has 4 rings (SSSR count). The molecule has 0 saturated heterocycles. The first-order valence-electron chi connectivity index (χ1n) is 17.1. The molecule has 53 heavy (non-hydrogen) atoms. The summed E-state index contributed by atoms with van der Waals surface area (Å²) < 4.78 is 96.3. The van der Waals surface area contributed by atoms with Gasteiger partial charge in [-0.3, -0.25) is 9.59 Å². The maximum Gasteiger partial charge on any atom is 0.422 e. The van der Waals surface area contributed by atoms with E-state index in [0.29, 0.717) is 0 Å². The number of halogens is 4. The van der Waals surface area contributed by atoms with Crippen molar-refractivity contribution in [2.75, 3.05) is 26.9 Å². The predicted octanol–water partition coefficient (Wildman–Crippen LogP) is 7.18. The summed E-state index contributed by atoms with van der Waals surface area (Å²) in [6, 6.07) is 9.98. The molecule has 0 saturated carbocycles. The molecule has 1 aliphatic heterocycles. The molecule has 0 aliphatic carbocycles. The van der Waals surface area contributed by atoms with Crippen LogP contribution in [0.25, 0.3) is 11.3 Å². The SMILES string of the molecule is COc1cc(C(=O)CCC(O)(c2cc3c(c(-c4ccc(F)cc4)n2)OCC3(C)NS(=O)C(C)(C)C)C(F)(F)F)ccc1OCCOC(=O)C(C)C(C)C. The predicted molar refractivity (Wildman–Crippen MR) is 190 cm³/mol. The third-order valence-electron chi connectivity index (χ3n) is 9.11. The molecule has 2 N–H and O–H groups in total. The second-order valence-corrected chi connectivity index (χ2v) is 16.5. The van der Waals surface area contributed by atoms with Crippen molar-refractivity contribution in [1.29, 1.82) is 0 Å². The molecule has 1 aromatic heterocycles. The molecule has 0 fully saturated rings. The van der Waals surface area contributed by atoms with E-state index in [1.165, 1.54) is 37.4 Å². The van der Waals surface area contributed by atoms with Gasteiger partial charge in [0.2, 0.25) is 5.60 Å². The summed E-state index contributed by atoms with van der Waals surface area (Å²) in [6.07, 6.45) is -7.17. The average molecular weight is 767 g/mol. The number of methoxy groups -OCH3 is 1. The molecule has 290 valence electrons. The lowest BCUT2D eigenvalue weighted by molar-refractivity contribution is -0.270. The Morgan fingerprint density at radius 2 is 1.70 bits per heavy atom. The summed E-state index contributed by atoms with van der Waals surface area (Å²) in [5, 5.41) is 11.5. The summed E-state index contributed by atoms with van der Waals surface area (Å²) in [6.45, 7) is 12.2. The molecule has 4 unspecified atom stereocenters. The minimum atomic E-state index is -5.31. The highest BCUT2D eigenvalue weighted by atomic mass is 32.2. The van der Waals surface area contributed by atoms with Crippen LogP contribution in [-0.4, -0.2) is 63.9 Å². The van der Waals surface area contributed by atoms with Crippen LogP contribution in [0.15, 0.2) is 48.5 Å². The maximum absolute atomic E-state index is 15.0. The zero-order valence-electron chi connectivity index (χ0n) is 31.0. The Kier molecular flexibility index (Phi) is 12.7. The number of benzene rings is 2. The van der Waals surface area contributed by atoms with Crippen molar-refractivity contribution in [1.82, 2.24) is 9.71 Å². The smallest absolute Gasteiger partial charge is 0.422 e. The van der Waals surface area contributed by atoms with Gasteiger partial charge in [0.15, 0.2) is 23.0 Å². The Morgan fingerprint density at radius 3 is 2.28 bits per heavy atom. The highest BCUT2D eigenvalue weighted by Gasteiger charge is 2.57. The number of ketones is 1. The van der Waals surface area contributed by atoms with E-state index in [9.17, 15) is 36.5 Å². The van der Waals surface area contributed by atoms with E-state index in [1.807, 2.05) is 13.8 Å². The number of hydrogen-bond acceptors (Lipinski definition) is 9. The highest BCUT2D eigenvalue weighted by Crippen LogP contribution is 2.49. The fourth-order valence-corrected chi connectivity index (χ4v) is 6.24. The van der Waals surface area contributed by atoms with Crippen molar-refractivity contribution in [3.05, 3.63) is 71.2 Å². The Morgan fingerprint density at radius 1 is 1.04 bits per heavy atom. The van der Waals surface area contributed by atoms with Gasteiger partial charge >= 0.3 is 12.1 Å². The largest absolute Gasteiger partial charge is 0.493 e. The van der Waals surface area contributed by atoms with Crippen molar-refractivity contribution < 1.29 is 55.4 Å². The van der Waals surface area contributed by atoms with Crippen LogP contribution in [0, 0.1) is 17.7 Å². The Hall–Kier alpha value is -4.08. The van der Waals surface area contributed by atoms with Crippen LogP contribution in [0.1, 0.15) is 82.9 Å². The molecule has 4 atom stereocenters. The van der Waals surface area contributed by atoms with E-state index in [4.69, 9.17) is 18.9 Å². The third kappa shape index (κ3) is 9.36. The molecular formula is C38H46F4N2O8S. The Labute approximate surface area is 309 Å². The van der Waals surface area contributed by atoms with Crippen LogP contribution in [-0.2, 0) is 31.7 Å². The number of alkyl halides is 3. The maximum atomic E-state index is 15.0. The fourth-order valence-electron chi connectivity index (χ4n) is 5.35. The summed E-state index contributed by atoms with van der Waals surface area (Å²) in [7, 11) is -0.361. The summed E-state index contributed by atoms with van der Waals surface area (Å²) in [4.78, 5) is 29.7. The summed E-state index contributed by atoms with van der Waals surface area (Å²) >= 11 is 0. The normalized spacial score (nSPS) is 18.1. The zero-order chi connectivity index (χ0) is 39.5. The number of aliphatic hydroxyl groups is 1. The topological polar surface area (TPSA) is 133 Å². The minimum Gasteiger partial charge on any atom is -0.493 e. The summed E-state index contributed by atoms with van der Waals surface area (Å²) in [5.41, 5.74) is -5.46. The minimum absolute atomic E-state index is 0.000316. The van der Waals surface area contributed by atoms with E-state index < -0.39 is 63.2 Å². The molecule has 3 aromatic rings. The van der Waals surface area contributed by atoms with Gasteiger partial charge in [-0.05, 0) is 88.6 Å². The molecule has 0 bridgehead atoms. The Balaban J connectivity index is 1.63. The second kappa shape index (κ2) is 16.1. The lowest BCUT2D eigenvalue weighted by Crippen LogP contribution is -2.47. The number of hydrogen-bond donors (Lipinski definition) is 2. The van der Waals surface area contributed by atoms with E-state index in [1.54, 1.807) is 34.6 Å². The molecule has 15 heteroatoms. The number of fused-ring (bicyclic) bond motifs is 1. The quantitative estimate of drug-likeness (QED) is 0.0715. The summed E-state index contributed by atoms with van der Waals surface area (Å²) in [5.74, 6) is -1.47. The number of rotatable bonds is 15. The number of carbonyl (C=O) groups excluding carboxylic acids is 2. The number of esters is 1. The van der Waals surface area contributed by atoms with Gasteiger partial charge in [-0.2, -0.15) is 13.2 Å². The van der Waals surface area contributed by atoms with Crippen LogP contribution in [0.4, 0.5) is 17.6 Å². The molecule has 2 aromatic carbocycles. The molecule has 0 radical (unpaired) electrons. The number of carbonyl (C=O) groups is 2. The van der Waals surface area contributed by atoms with Gasteiger partial charge in [0.25, 0.3) is 0 Å². The van der Waals surface area contributed by atoms with Gasteiger partial charge in [-0.15, -0.1) is 0 Å². The number of nitrogens with one attached hydrogen (secondary N) is 1. The van der Waals surface area contributed by atoms with Gasteiger partial charge in [0, 0.05) is 23.1 Å². The Bertz CT molecular complexity index is 1830. The monoisotopic (exact) mass is 766 g/mol. The van der Waals surface area contributed by atoms with Gasteiger partial charge in [-0.1, -0.05) is 20.8 Å². The van der Waals surface area contributed by atoms with Crippen LogP contribution in [0.2, 0.25) is 0 Å². The van der Waals surface area contributed by atoms with E-state index >= 15 is 0 Å². The fraction of sp³-hybridized carbons (Fsp3) is 0.500. The van der Waals surface area contributed by atoms with Gasteiger partial charge < -0.3 is 24.1 Å². The molecule has 2 heterocycles. The van der Waals surface area contributed by atoms with Crippen molar-refractivity contribution in [3.8, 4) is 28.5 Å². The van der Waals surface area contributed by atoms with Crippen molar-refractivity contribution >= 4 is 22.7 Å². The van der Waals surface area contributed by atoms with Gasteiger partial charge in [0.1, 0.15) is 31.3 Å². The molecular weight excluding hydrogens is 720 g/mol. The molecule has 10 nitrogen and oxygen atoms in total. The highest BCUT2D eigenvalue weighted by molar-refractivity contribution is 7.84. The molecule has 1 aliphatic rings.